The van der Waals surface area contributed by atoms with Gasteiger partial charge in [-0.25, -0.2) is 8.42 Å². The van der Waals surface area contributed by atoms with Crippen molar-refractivity contribution >= 4 is 33.2 Å². The van der Waals surface area contributed by atoms with E-state index in [1.54, 1.807) is 13.0 Å². The molecule has 1 atom stereocenters. The summed E-state index contributed by atoms with van der Waals surface area (Å²) in [5.41, 5.74) is 2.47. The van der Waals surface area contributed by atoms with Gasteiger partial charge in [0.15, 0.2) is 0 Å². The molecule has 0 aromatic heterocycles. The molecule has 0 saturated carbocycles. The van der Waals surface area contributed by atoms with Crippen molar-refractivity contribution in [1.29, 1.82) is 0 Å². The Labute approximate surface area is 164 Å². The van der Waals surface area contributed by atoms with Gasteiger partial charge in [-0.15, -0.1) is 0 Å². The normalized spacial score (nSPS) is 12.5. The number of carbonyl (C=O) groups excluding carboxylic acids is 1. The van der Waals surface area contributed by atoms with Crippen LogP contribution >= 0.6 is 11.6 Å². The molecule has 0 heterocycles. The summed E-state index contributed by atoms with van der Waals surface area (Å²) in [6, 6.07) is 9.31. The molecule has 8 heteroatoms. The van der Waals surface area contributed by atoms with Crippen molar-refractivity contribution < 1.29 is 17.9 Å². The number of halogens is 1. The predicted octanol–water partition coefficient (Wildman–Crippen LogP) is 3.52. The molecule has 2 N–H and O–H groups in total. The number of hydrogen-bond donors (Lipinski definition) is 2. The van der Waals surface area contributed by atoms with E-state index in [1.165, 1.54) is 25.3 Å². The molecule has 0 bridgehead atoms. The molecule has 146 valence electrons. The summed E-state index contributed by atoms with van der Waals surface area (Å²) in [5.74, 6) is -0.404. The van der Waals surface area contributed by atoms with Crippen molar-refractivity contribution in [2.75, 3.05) is 18.4 Å². The summed E-state index contributed by atoms with van der Waals surface area (Å²) in [5, 5.41) is 2.77. The first-order chi connectivity index (χ1) is 12.6. The number of methoxy groups -OCH3 is 1. The molecule has 2 aromatic carbocycles. The van der Waals surface area contributed by atoms with Crippen molar-refractivity contribution in [3.8, 4) is 0 Å². The van der Waals surface area contributed by atoms with Crippen LogP contribution in [-0.2, 0) is 14.8 Å². The smallest absolute Gasteiger partial charge is 0.263 e. The zero-order valence-corrected chi connectivity index (χ0v) is 17.2. The van der Waals surface area contributed by atoms with Gasteiger partial charge in [0.1, 0.15) is 4.90 Å². The monoisotopic (exact) mass is 410 g/mol. The second-order valence-electron chi connectivity index (χ2n) is 6.40. The van der Waals surface area contributed by atoms with Crippen LogP contribution < -0.4 is 10.0 Å². The lowest BCUT2D eigenvalue weighted by atomic mass is 10.1. The standard InChI is InChI=1S/C19H23ClN2O4S/c1-12-5-8-17(13(2)9-12)22-27(24,25)18-10-15(6-7-16(18)20)19(23)21-14(3)11-26-4/h5-10,14,22H,11H2,1-4H3,(H,21,23)/t14-/m1/s1. The SMILES string of the molecule is COC[C@@H](C)NC(=O)c1ccc(Cl)c(S(=O)(=O)Nc2ccc(C)cc2C)c1. The minimum absolute atomic E-state index is 0.0359. The van der Waals surface area contributed by atoms with Crippen LogP contribution in [0.4, 0.5) is 5.69 Å². The van der Waals surface area contributed by atoms with Gasteiger partial charge in [0.05, 0.1) is 17.3 Å². The van der Waals surface area contributed by atoms with Crippen LogP contribution in [0.2, 0.25) is 5.02 Å². The zero-order chi connectivity index (χ0) is 20.2. The second-order valence-corrected chi connectivity index (χ2v) is 8.46. The zero-order valence-electron chi connectivity index (χ0n) is 15.7. The third-order valence-electron chi connectivity index (χ3n) is 3.90. The van der Waals surface area contributed by atoms with Gasteiger partial charge in [0, 0.05) is 18.7 Å². The maximum absolute atomic E-state index is 12.8. The van der Waals surface area contributed by atoms with E-state index in [0.29, 0.717) is 12.3 Å². The molecule has 6 nitrogen and oxygen atoms in total. The highest BCUT2D eigenvalue weighted by Gasteiger charge is 2.21. The molecule has 2 aromatic rings. The molecule has 27 heavy (non-hydrogen) atoms. The predicted molar refractivity (Wildman–Crippen MR) is 107 cm³/mol. The van der Waals surface area contributed by atoms with Gasteiger partial charge in [0.25, 0.3) is 15.9 Å². The Morgan fingerprint density at radius 1 is 1.19 bits per heavy atom. The number of hydrogen-bond acceptors (Lipinski definition) is 4. The molecule has 0 aliphatic heterocycles. The van der Waals surface area contributed by atoms with E-state index in [0.717, 1.165) is 11.1 Å². The lowest BCUT2D eigenvalue weighted by Crippen LogP contribution is -2.35. The number of rotatable bonds is 7. The fourth-order valence-electron chi connectivity index (χ4n) is 2.58. The summed E-state index contributed by atoms with van der Waals surface area (Å²) >= 11 is 6.10. The fraction of sp³-hybridized carbons (Fsp3) is 0.316. The van der Waals surface area contributed by atoms with Gasteiger partial charge in [-0.1, -0.05) is 29.3 Å². The van der Waals surface area contributed by atoms with E-state index in [9.17, 15) is 13.2 Å². The average Bonchev–Trinajstić information content (AvgIpc) is 2.57. The minimum Gasteiger partial charge on any atom is -0.383 e. The van der Waals surface area contributed by atoms with Crippen molar-refractivity contribution in [2.24, 2.45) is 0 Å². The van der Waals surface area contributed by atoms with Crippen molar-refractivity contribution in [1.82, 2.24) is 5.32 Å². The molecule has 0 aliphatic carbocycles. The lowest BCUT2D eigenvalue weighted by Gasteiger charge is -2.15. The number of nitrogens with one attached hydrogen (secondary N) is 2. The van der Waals surface area contributed by atoms with E-state index in [1.807, 2.05) is 26.0 Å². The van der Waals surface area contributed by atoms with E-state index < -0.39 is 15.9 Å². The number of aryl methyl sites for hydroxylation is 2. The largest absolute Gasteiger partial charge is 0.383 e. The number of amides is 1. The Hall–Kier alpha value is -2.09. The highest BCUT2D eigenvalue weighted by Crippen LogP contribution is 2.26. The van der Waals surface area contributed by atoms with Gasteiger partial charge in [0.2, 0.25) is 0 Å². The van der Waals surface area contributed by atoms with Gasteiger partial charge in [-0.3, -0.25) is 9.52 Å². The first kappa shape index (κ1) is 21.2. The molecule has 0 aliphatic rings. The quantitative estimate of drug-likeness (QED) is 0.731. The van der Waals surface area contributed by atoms with Gasteiger partial charge < -0.3 is 10.1 Å². The van der Waals surface area contributed by atoms with Gasteiger partial charge in [-0.2, -0.15) is 0 Å². The third kappa shape index (κ3) is 5.45. The number of benzene rings is 2. The van der Waals surface area contributed by atoms with Gasteiger partial charge in [-0.05, 0) is 50.6 Å². The first-order valence-electron chi connectivity index (χ1n) is 8.33. The number of anilines is 1. The van der Waals surface area contributed by atoms with Crippen LogP contribution in [0.15, 0.2) is 41.3 Å². The van der Waals surface area contributed by atoms with Crippen LogP contribution in [0.25, 0.3) is 0 Å². The van der Waals surface area contributed by atoms with E-state index >= 15 is 0 Å². The van der Waals surface area contributed by atoms with Crippen LogP contribution in [0.1, 0.15) is 28.4 Å². The Balaban J connectivity index is 2.32. The number of ether oxygens (including phenoxy) is 1. The molecular weight excluding hydrogens is 388 g/mol. The Morgan fingerprint density at radius 3 is 2.52 bits per heavy atom. The molecule has 1 amide bonds. The van der Waals surface area contributed by atoms with E-state index in [-0.39, 0.29) is 21.5 Å². The van der Waals surface area contributed by atoms with Gasteiger partial charge >= 0.3 is 0 Å². The molecule has 0 spiro atoms. The minimum atomic E-state index is -3.96. The summed E-state index contributed by atoms with van der Waals surface area (Å²) in [6.45, 7) is 5.87. The van der Waals surface area contributed by atoms with E-state index in [2.05, 4.69) is 10.0 Å². The van der Waals surface area contributed by atoms with Crippen LogP contribution in [0, 0.1) is 13.8 Å². The highest BCUT2D eigenvalue weighted by molar-refractivity contribution is 7.92. The molecule has 0 fully saturated rings. The maximum atomic E-state index is 12.8. The Morgan fingerprint density at radius 2 is 1.89 bits per heavy atom. The summed E-state index contributed by atoms with van der Waals surface area (Å²) < 4.78 is 33.1. The molecule has 0 unspecified atom stereocenters. The fourth-order valence-corrected chi connectivity index (χ4v) is 4.23. The Bertz CT molecular complexity index is 945. The van der Waals surface area contributed by atoms with Crippen molar-refractivity contribution in [2.45, 2.75) is 31.7 Å². The van der Waals surface area contributed by atoms with E-state index in [4.69, 9.17) is 16.3 Å². The first-order valence-corrected chi connectivity index (χ1v) is 10.2. The molecule has 0 radical (unpaired) electrons. The highest BCUT2D eigenvalue weighted by atomic mass is 35.5. The second kappa shape index (κ2) is 8.73. The summed E-state index contributed by atoms with van der Waals surface area (Å²) in [4.78, 5) is 12.2. The van der Waals surface area contributed by atoms with Crippen LogP contribution in [0.3, 0.4) is 0 Å². The Kier molecular flexibility index (Phi) is 6.86. The average molecular weight is 411 g/mol. The molecule has 0 saturated heterocycles. The summed E-state index contributed by atoms with van der Waals surface area (Å²) in [6.07, 6.45) is 0. The molecule has 2 rings (SSSR count). The maximum Gasteiger partial charge on any atom is 0.263 e. The van der Waals surface area contributed by atoms with Crippen molar-refractivity contribution in [3.63, 3.8) is 0 Å². The number of sulfonamides is 1. The third-order valence-corrected chi connectivity index (χ3v) is 5.75. The summed E-state index contributed by atoms with van der Waals surface area (Å²) in [7, 11) is -2.42. The topological polar surface area (TPSA) is 84.5 Å². The number of carbonyl (C=O) groups is 1. The van der Waals surface area contributed by atoms with Crippen molar-refractivity contribution in [3.05, 3.63) is 58.1 Å². The molecular formula is C19H23ClN2O4S. The van der Waals surface area contributed by atoms with Crippen LogP contribution in [-0.4, -0.2) is 34.1 Å². The van der Waals surface area contributed by atoms with Crippen LogP contribution in [0.5, 0.6) is 0 Å². The lowest BCUT2D eigenvalue weighted by molar-refractivity contribution is 0.0905.